The molecule has 26 heavy (non-hydrogen) atoms. The standard InChI is InChI=1S/C18H14BrN3O3S/c1-26-16-8-5-13(10-20-16)22-17(23)11-3-2-4-12(9-11)21-18(24)14-6-7-15(19)25-14/h2-10H,1H3,(H,21,24)(H,22,23). The van der Waals surface area contributed by atoms with Gasteiger partial charge in [0.1, 0.15) is 0 Å². The monoisotopic (exact) mass is 431 g/mol. The molecular weight excluding hydrogens is 418 g/mol. The molecule has 8 heteroatoms. The molecule has 0 radical (unpaired) electrons. The second-order valence-electron chi connectivity index (χ2n) is 5.18. The zero-order valence-corrected chi connectivity index (χ0v) is 16.1. The first-order valence-electron chi connectivity index (χ1n) is 7.53. The quantitative estimate of drug-likeness (QED) is 0.573. The molecular formula is C18H14BrN3O3S. The summed E-state index contributed by atoms with van der Waals surface area (Å²) in [5, 5.41) is 6.35. The van der Waals surface area contributed by atoms with Crippen LogP contribution in [0.5, 0.6) is 0 Å². The van der Waals surface area contributed by atoms with Crippen LogP contribution in [-0.4, -0.2) is 23.1 Å². The van der Waals surface area contributed by atoms with Crippen molar-refractivity contribution in [1.82, 2.24) is 4.98 Å². The first kappa shape index (κ1) is 18.2. The van der Waals surface area contributed by atoms with Gasteiger partial charge < -0.3 is 15.1 Å². The van der Waals surface area contributed by atoms with E-state index < -0.39 is 5.91 Å². The molecule has 0 aliphatic rings. The molecule has 0 fully saturated rings. The molecule has 0 atom stereocenters. The normalized spacial score (nSPS) is 10.4. The summed E-state index contributed by atoms with van der Waals surface area (Å²) in [4.78, 5) is 28.7. The molecule has 6 nitrogen and oxygen atoms in total. The lowest BCUT2D eigenvalue weighted by molar-refractivity contribution is 0.0992. The Morgan fingerprint density at radius 3 is 2.50 bits per heavy atom. The predicted octanol–water partition coefficient (Wildman–Crippen LogP) is 4.66. The summed E-state index contributed by atoms with van der Waals surface area (Å²) in [7, 11) is 0. The van der Waals surface area contributed by atoms with E-state index in [2.05, 4.69) is 31.5 Å². The van der Waals surface area contributed by atoms with E-state index in [-0.39, 0.29) is 11.7 Å². The number of benzene rings is 1. The van der Waals surface area contributed by atoms with Gasteiger partial charge in [-0.1, -0.05) is 6.07 Å². The molecule has 0 aliphatic carbocycles. The van der Waals surface area contributed by atoms with E-state index >= 15 is 0 Å². The van der Waals surface area contributed by atoms with Gasteiger partial charge in [-0.15, -0.1) is 11.8 Å². The number of nitrogens with one attached hydrogen (secondary N) is 2. The predicted molar refractivity (Wildman–Crippen MR) is 105 cm³/mol. The van der Waals surface area contributed by atoms with Gasteiger partial charge in [-0.25, -0.2) is 4.98 Å². The zero-order chi connectivity index (χ0) is 18.5. The molecule has 2 N–H and O–H groups in total. The van der Waals surface area contributed by atoms with Crippen LogP contribution in [0.15, 0.2) is 68.8 Å². The number of hydrogen-bond acceptors (Lipinski definition) is 5. The van der Waals surface area contributed by atoms with Crippen LogP contribution in [0.2, 0.25) is 0 Å². The Morgan fingerprint density at radius 1 is 1.04 bits per heavy atom. The largest absolute Gasteiger partial charge is 0.444 e. The van der Waals surface area contributed by atoms with Gasteiger partial charge in [-0.3, -0.25) is 9.59 Å². The molecule has 0 spiro atoms. The lowest BCUT2D eigenvalue weighted by Crippen LogP contribution is -2.14. The van der Waals surface area contributed by atoms with Crippen LogP contribution in [0.4, 0.5) is 11.4 Å². The van der Waals surface area contributed by atoms with Crippen LogP contribution in [-0.2, 0) is 0 Å². The van der Waals surface area contributed by atoms with Crippen molar-refractivity contribution >= 4 is 50.9 Å². The highest BCUT2D eigenvalue weighted by atomic mass is 79.9. The smallest absolute Gasteiger partial charge is 0.291 e. The fourth-order valence-electron chi connectivity index (χ4n) is 2.15. The van der Waals surface area contributed by atoms with Crippen LogP contribution in [0, 0.1) is 0 Å². The number of halogens is 1. The number of furan rings is 1. The lowest BCUT2D eigenvalue weighted by atomic mass is 10.2. The van der Waals surface area contributed by atoms with Gasteiger partial charge in [0.05, 0.1) is 16.9 Å². The first-order chi connectivity index (χ1) is 12.5. The van der Waals surface area contributed by atoms with Crippen molar-refractivity contribution in [1.29, 1.82) is 0 Å². The molecule has 2 amide bonds. The Bertz CT molecular complexity index is 941. The van der Waals surface area contributed by atoms with E-state index in [9.17, 15) is 9.59 Å². The SMILES string of the molecule is CSc1ccc(NC(=O)c2cccc(NC(=O)c3ccc(Br)o3)c2)cn1. The summed E-state index contributed by atoms with van der Waals surface area (Å²) in [5.74, 6) is -0.516. The summed E-state index contributed by atoms with van der Waals surface area (Å²) in [6, 6.07) is 13.5. The van der Waals surface area contributed by atoms with Crippen molar-refractivity contribution in [2.24, 2.45) is 0 Å². The Morgan fingerprint density at radius 2 is 1.85 bits per heavy atom. The Kier molecular flexibility index (Phi) is 5.75. The minimum atomic E-state index is -0.398. The fraction of sp³-hybridized carbons (Fsp3) is 0.0556. The highest BCUT2D eigenvalue weighted by molar-refractivity contribution is 9.10. The topological polar surface area (TPSA) is 84.2 Å². The molecule has 0 bridgehead atoms. The van der Waals surface area contributed by atoms with Gasteiger partial charge in [0.25, 0.3) is 11.8 Å². The number of hydrogen-bond donors (Lipinski definition) is 2. The van der Waals surface area contributed by atoms with Gasteiger partial charge in [0.15, 0.2) is 10.4 Å². The molecule has 132 valence electrons. The molecule has 3 aromatic rings. The highest BCUT2D eigenvalue weighted by Crippen LogP contribution is 2.18. The summed E-state index contributed by atoms with van der Waals surface area (Å²) in [5.41, 5.74) is 1.51. The van der Waals surface area contributed by atoms with Gasteiger partial charge in [-0.05, 0) is 64.7 Å². The van der Waals surface area contributed by atoms with Crippen molar-refractivity contribution in [2.45, 2.75) is 5.03 Å². The average molecular weight is 432 g/mol. The third kappa shape index (κ3) is 4.53. The minimum absolute atomic E-state index is 0.173. The van der Waals surface area contributed by atoms with E-state index in [1.807, 2.05) is 12.3 Å². The van der Waals surface area contributed by atoms with Gasteiger partial charge >= 0.3 is 0 Å². The third-order valence-corrected chi connectivity index (χ3v) is 4.47. The van der Waals surface area contributed by atoms with E-state index in [4.69, 9.17) is 4.42 Å². The number of carbonyl (C=O) groups excluding carboxylic acids is 2. The zero-order valence-electron chi connectivity index (χ0n) is 13.7. The second-order valence-corrected chi connectivity index (χ2v) is 6.79. The molecule has 3 rings (SSSR count). The van der Waals surface area contributed by atoms with Crippen molar-refractivity contribution in [3.8, 4) is 0 Å². The van der Waals surface area contributed by atoms with Crippen LogP contribution in [0.1, 0.15) is 20.9 Å². The molecule has 2 aromatic heterocycles. The van der Waals surface area contributed by atoms with Crippen LogP contribution >= 0.6 is 27.7 Å². The average Bonchev–Trinajstić information content (AvgIpc) is 3.09. The summed E-state index contributed by atoms with van der Waals surface area (Å²) in [6.07, 6.45) is 3.53. The minimum Gasteiger partial charge on any atom is -0.444 e. The van der Waals surface area contributed by atoms with E-state index in [1.165, 1.54) is 11.8 Å². The number of thioether (sulfide) groups is 1. The number of rotatable bonds is 5. The number of aromatic nitrogens is 1. The maximum Gasteiger partial charge on any atom is 0.291 e. The lowest BCUT2D eigenvalue weighted by Gasteiger charge is -2.08. The van der Waals surface area contributed by atoms with Crippen LogP contribution < -0.4 is 10.6 Å². The Balaban J connectivity index is 1.69. The summed E-state index contributed by atoms with van der Waals surface area (Å²) >= 11 is 4.68. The number of amides is 2. The highest BCUT2D eigenvalue weighted by Gasteiger charge is 2.12. The van der Waals surface area contributed by atoms with Crippen molar-refractivity contribution in [3.63, 3.8) is 0 Å². The number of anilines is 2. The van der Waals surface area contributed by atoms with E-state index in [0.717, 1.165) is 5.03 Å². The fourth-order valence-corrected chi connectivity index (χ4v) is 2.81. The number of nitrogens with zero attached hydrogens (tertiary/aromatic N) is 1. The summed E-state index contributed by atoms with van der Waals surface area (Å²) < 4.78 is 5.68. The van der Waals surface area contributed by atoms with Crippen LogP contribution in [0.3, 0.4) is 0 Å². The van der Waals surface area contributed by atoms with Crippen LogP contribution in [0.25, 0.3) is 0 Å². The molecule has 1 aromatic carbocycles. The van der Waals surface area contributed by atoms with E-state index in [1.54, 1.807) is 48.7 Å². The Hall–Kier alpha value is -2.58. The molecule has 0 saturated heterocycles. The molecule has 0 saturated carbocycles. The van der Waals surface area contributed by atoms with Crippen molar-refractivity contribution in [2.75, 3.05) is 16.9 Å². The maximum atomic E-state index is 12.4. The number of pyridine rings is 1. The van der Waals surface area contributed by atoms with Gasteiger partial charge in [0.2, 0.25) is 0 Å². The maximum absolute atomic E-state index is 12.4. The Labute approximate surface area is 162 Å². The van der Waals surface area contributed by atoms with Crippen molar-refractivity contribution in [3.05, 3.63) is 70.7 Å². The summed E-state index contributed by atoms with van der Waals surface area (Å²) in [6.45, 7) is 0. The molecule has 2 heterocycles. The van der Waals surface area contributed by atoms with Crippen molar-refractivity contribution < 1.29 is 14.0 Å². The second kappa shape index (κ2) is 8.20. The molecule has 0 aliphatic heterocycles. The molecule has 0 unspecified atom stereocenters. The number of carbonyl (C=O) groups is 2. The van der Waals surface area contributed by atoms with Gasteiger partial charge in [-0.2, -0.15) is 0 Å². The third-order valence-electron chi connectivity index (χ3n) is 3.38. The first-order valence-corrected chi connectivity index (χ1v) is 9.55. The van der Waals surface area contributed by atoms with Gasteiger partial charge in [0, 0.05) is 11.3 Å². The van der Waals surface area contributed by atoms with E-state index in [0.29, 0.717) is 21.6 Å².